The number of aryl methyl sites for hydroxylation is 1. The SMILES string of the molecule is C.CC(=O)CN.CCC.CCCC(=N)c1c(CC)ccc(-n2c(C(Cc3cc(F)cc(F)c3)C(C)C)nc3nc(C4CCC(F)(F)CC4)cc(CN4CC(C)OC(C)C4)c3c2=O)c1C.CCCCCCOC.C[B]C. The number of morpholine rings is 1. The number of halogens is 4. The van der Waals surface area contributed by atoms with E-state index in [-0.39, 0.29) is 87.1 Å². The minimum atomic E-state index is -2.71. The van der Waals surface area contributed by atoms with Gasteiger partial charge in [-0.3, -0.25) is 19.1 Å². The smallest absolute Gasteiger partial charge is 0.267 e. The molecule has 4 aromatic rings. The molecule has 0 bridgehead atoms. The maximum absolute atomic E-state index is 15.5. The summed E-state index contributed by atoms with van der Waals surface area (Å²) in [6, 6.07) is 9.29. The third kappa shape index (κ3) is 21.9. The van der Waals surface area contributed by atoms with Crippen molar-refractivity contribution in [3.63, 3.8) is 0 Å². The van der Waals surface area contributed by atoms with Crippen LogP contribution in [0, 0.1) is 29.9 Å². The highest BCUT2D eigenvalue weighted by Crippen LogP contribution is 2.41. The highest BCUT2D eigenvalue weighted by molar-refractivity contribution is 6.31. The Balaban J connectivity index is 0.00000121. The van der Waals surface area contributed by atoms with E-state index in [1.54, 1.807) is 11.7 Å². The summed E-state index contributed by atoms with van der Waals surface area (Å²) in [5, 5.41) is 9.41. The number of benzene rings is 2. The Hall–Kier alpha value is -4.31. The Morgan fingerprint density at radius 2 is 1.51 bits per heavy atom. The number of aromatic nitrogens is 3. The Labute approximate surface area is 450 Å². The van der Waals surface area contributed by atoms with E-state index < -0.39 is 23.5 Å². The predicted molar refractivity (Wildman–Crippen MR) is 306 cm³/mol. The molecule has 3 N–H and O–H groups in total. The number of pyridine rings is 1. The zero-order valence-electron chi connectivity index (χ0n) is 47.7. The van der Waals surface area contributed by atoms with E-state index in [2.05, 4.69) is 32.6 Å². The first-order valence-corrected chi connectivity index (χ1v) is 27.4. The van der Waals surface area contributed by atoms with Gasteiger partial charge in [0.15, 0.2) is 5.65 Å². The van der Waals surface area contributed by atoms with Crippen LogP contribution in [-0.4, -0.2) is 89.7 Å². The van der Waals surface area contributed by atoms with Crippen molar-refractivity contribution in [3.05, 3.63) is 97.7 Å². The fraction of sp³-hybridized carbons (Fsp3) is 0.650. The topological polar surface area (TPSA) is 136 Å². The third-order valence-corrected chi connectivity index (χ3v) is 12.9. The van der Waals surface area contributed by atoms with Crippen LogP contribution in [-0.2, 0) is 33.7 Å². The normalized spacial score (nSPS) is 16.6. The van der Waals surface area contributed by atoms with Crippen LogP contribution in [0.5, 0.6) is 0 Å². The highest BCUT2D eigenvalue weighted by Gasteiger charge is 2.37. The minimum Gasteiger partial charge on any atom is -0.385 e. The molecule has 1 radical (unpaired) electrons. The molecule has 1 saturated heterocycles. The fourth-order valence-corrected chi connectivity index (χ4v) is 9.47. The van der Waals surface area contributed by atoms with Gasteiger partial charge < -0.3 is 20.6 Å². The van der Waals surface area contributed by atoms with Gasteiger partial charge in [-0.25, -0.2) is 27.5 Å². The number of carbonyl (C=O) groups excluding carboxylic acids is 1. The molecule has 0 spiro atoms. The van der Waals surface area contributed by atoms with Gasteiger partial charge in [0.2, 0.25) is 5.92 Å². The quantitative estimate of drug-likeness (QED) is 0.0435. The average Bonchev–Trinajstić information content (AvgIpc) is 3.32. The lowest BCUT2D eigenvalue weighted by Crippen LogP contribution is -2.45. The number of ketones is 1. The Kier molecular flexibility index (Phi) is 32.2. The van der Waals surface area contributed by atoms with E-state index in [1.165, 1.54) is 51.2 Å². The van der Waals surface area contributed by atoms with E-state index in [9.17, 15) is 22.4 Å². The number of hydrogen-bond donors (Lipinski definition) is 2. The zero-order valence-corrected chi connectivity index (χ0v) is 47.7. The van der Waals surface area contributed by atoms with Crippen LogP contribution in [0.15, 0.2) is 41.2 Å². The summed E-state index contributed by atoms with van der Waals surface area (Å²) in [5.74, 6) is -4.49. The molecule has 2 aliphatic rings. The molecule has 1 aliphatic carbocycles. The van der Waals surface area contributed by atoms with Crippen molar-refractivity contribution < 1.29 is 31.8 Å². The fourth-order valence-electron chi connectivity index (χ4n) is 9.47. The number of methoxy groups -OCH3 is 1. The number of nitrogens with one attached hydrogen (secondary N) is 1. The highest BCUT2D eigenvalue weighted by atomic mass is 19.3. The summed E-state index contributed by atoms with van der Waals surface area (Å²) in [5.41, 5.74) is 10.3. The Morgan fingerprint density at radius 3 is 2.00 bits per heavy atom. The molecule has 1 saturated carbocycles. The van der Waals surface area contributed by atoms with E-state index in [4.69, 9.17) is 30.6 Å². The molecule has 75 heavy (non-hydrogen) atoms. The van der Waals surface area contributed by atoms with Gasteiger partial charge in [-0.2, -0.15) is 0 Å². The van der Waals surface area contributed by atoms with Crippen molar-refractivity contribution in [2.45, 2.75) is 217 Å². The summed E-state index contributed by atoms with van der Waals surface area (Å²) in [7, 11) is 3.76. The molecule has 6 rings (SSSR count). The molecule has 15 heteroatoms. The van der Waals surface area contributed by atoms with Crippen molar-refractivity contribution in [2.24, 2.45) is 11.7 Å². The van der Waals surface area contributed by atoms with E-state index in [0.29, 0.717) is 66.3 Å². The van der Waals surface area contributed by atoms with Crippen molar-refractivity contribution in [1.82, 2.24) is 19.4 Å². The van der Waals surface area contributed by atoms with E-state index in [0.717, 1.165) is 41.3 Å². The largest absolute Gasteiger partial charge is 0.385 e. The maximum atomic E-state index is 15.5. The number of nitrogens with two attached hydrogens (primary N) is 1. The van der Waals surface area contributed by atoms with Gasteiger partial charge in [-0.1, -0.05) is 108 Å². The first-order valence-electron chi connectivity index (χ1n) is 27.4. The van der Waals surface area contributed by atoms with Crippen LogP contribution in [0.3, 0.4) is 0 Å². The monoisotopic (exact) mass is 1050 g/mol. The van der Waals surface area contributed by atoms with Gasteiger partial charge >= 0.3 is 0 Å². The average molecular weight is 1050 g/mol. The van der Waals surface area contributed by atoms with Crippen LogP contribution in [0.25, 0.3) is 16.7 Å². The second-order valence-electron chi connectivity index (χ2n) is 20.5. The van der Waals surface area contributed by atoms with Crippen LogP contribution in [0.1, 0.15) is 198 Å². The lowest BCUT2D eigenvalue weighted by molar-refractivity contribution is -0.115. The van der Waals surface area contributed by atoms with Crippen molar-refractivity contribution in [2.75, 3.05) is 33.4 Å². The molecule has 3 heterocycles. The molecule has 2 fully saturated rings. The number of hydrogen-bond acceptors (Lipinski definition) is 9. The summed E-state index contributed by atoms with van der Waals surface area (Å²) in [4.78, 5) is 37.7. The molecule has 1 aliphatic heterocycles. The molecular formula is C60H96BF4N6O4. The number of carbonyl (C=O) groups is 1. The number of fused-ring (bicyclic) bond motifs is 1. The summed E-state index contributed by atoms with van der Waals surface area (Å²) < 4.78 is 70.4. The standard InChI is InChI=1S/C44H55F4N5O2.C7H16O.C3H7NO.C3H8.C2H6B.CH4/c1-8-10-36(49)39-28(7)38(12-11-30(39)9-2)53-42(35(25(3)4)19-29-17-33(45)21-34(46)18-29)51-41-40(43(53)54)32(24-52-22-26(5)55-27(6)23-52)20-37(50-41)31-13-15-44(47,48)16-14-31;1-3-4-5-6-7-8-2;1-3(5)2-4;2*1-3-2;/h11-12,17-18,20-21,25-27,31,35,49H,8-10,13-16,19,22-24H2,1-7H3;3-7H2,1-2H3;2,4H2,1H3;3H2,1-2H3;1-2H3;1H4. The Bertz CT molecular complexity index is 2350. The molecule has 0 amide bonds. The minimum absolute atomic E-state index is 0. The van der Waals surface area contributed by atoms with Gasteiger partial charge in [-0.05, 0) is 119 Å². The summed E-state index contributed by atoms with van der Waals surface area (Å²) in [6.45, 7) is 28.8. The third-order valence-electron chi connectivity index (χ3n) is 12.9. The second-order valence-corrected chi connectivity index (χ2v) is 20.5. The van der Waals surface area contributed by atoms with Crippen LogP contribution < -0.4 is 11.3 Å². The Morgan fingerprint density at radius 1 is 0.933 bits per heavy atom. The van der Waals surface area contributed by atoms with Gasteiger partial charge in [0, 0.05) is 81.1 Å². The lowest BCUT2D eigenvalue weighted by atomic mass is 9.84. The van der Waals surface area contributed by atoms with Crippen molar-refractivity contribution in [3.8, 4) is 5.69 Å². The number of ether oxygens (including phenoxy) is 2. The molecular weight excluding hydrogens is 956 g/mol. The van der Waals surface area contributed by atoms with Gasteiger partial charge in [0.1, 0.15) is 30.5 Å². The van der Waals surface area contributed by atoms with Gasteiger partial charge in [0.25, 0.3) is 5.56 Å². The molecule has 3 unspecified atom stereocenters. The number of nitrogens with zero attached hydrogens (tertiary/aromatic N) is 4. The zero-order chi connectivity index (χ0) is 55.7. The molecule has 421 valence electrons. The first kappa shape index (κ1) is 68.7. The number of rotatable bonds is 18. The molecule has 2 aromatic heterocycles. The molecule has 2 aromatic carbocycles. The maximum Gasteiger partial charge on any atom is 0.267 e. The first-order chi connectivity index (χ1) is 35.1. The van der Waals surface area contributed by atoms with Crippen molar-refractivity contribution >= 4 is 29.8 Å². The van der Waals surface area contributed by atoms with Gasteiger partial charge in [0.05, 0.1) is 29.8 Å². The predicted octanol–water partition coefficient (Wildman–Crippen LogP) is 14.6. The second kappa shape index (κ2) is 35.2. The summed E-state index contributed by atoms with van der Waals surface area (Å²) >= 11 is 0. The number of unbranched alkanes of at least 4 members (excludes halogenated alkanes) is 3. The van der Waals surface area contributed by atoms with Crippen LogP contribution in [0.4, 0.5) is 17.6 Å². The summed E-state index contributed by atoms with van der Waals surface area (Å²) in [6.07, 6.45) is 8.79. The van der Waals surface area contributed by atoms with Gasteiger partial charge in [-0.15, -0.1) is 0 Å². The number of Topliss-reactive ketones (excluding diaryl/α,β-unsaturated/α-hetero) is 1. The van der Waals surface area contributed by atoms with Crippen LogP contribution >= 0.6 is 0 Å². The lowest BCUT2D eigenvalue weighted by Gasteiger charge is -2.35. The van der Waals surface area contributed by atoms with E-state index >= 15 is 4.79 Å². The van der Waals surface area contributed by atoms with Crippen LogP contribution in [0.2, 0.25) is 13.6 Å². The molecule has 10 nitrogen and oxygen atoms in total. The number of alkyl halides is 2. The molecule has 3 atom stereocenters. The van der Waals surface area contributed by atoms with Crippen molar-refractivity contribution in [1.29, 1.82) is 5.41 Å². The van der Waals surface area contributed by atoms with E-state index in [1.807, 2.05) is 80.7 Å².